The topological polar surface area (TPSA) is 39.7 Å². The first-order valence-electron chi connectivity index (χ1n) is 10.7. The Labute approximate surface area is 190 Å². The zero-order valence-electron chi connectivity index (χ0n) is 17.1. The van der Waals surface area contributed by atoms with Gasteiger partial charge in [0, 0.05) is 55.9 Å². The van der Waals surface area contributed by atoms with Crippen molar-refractivity contribution in [2.75, 3.05) is 49.1 Å². The van der Waals surface area contributed by atoms with Gasteiger partial charge in [-0.3, -0.25) is 4.79 Å². The maximum atomic E-state index is 13.5. The highest BCUT2D eigenvalue weighted by Crippen LogP contribution is 2.32. The second-order valence-corrected chi connectivity index (χ2v) is 9.60. The summed E-state index contributed by atoms with van der Waals surface area (Å²) in [6.45, 7) is 4.81. The van der Waals surface area contributed by atoms with E-state index in [1.54, 1.807) is 6.07 Å². The SMILES string of the molecule is O=C(C1CCN(c2nc3ccc(F)cc3s2)CC1)N1CCN(c2ccc(Cl)cc2)CC1. The zero-order chi connectivity index (χ0) is 21.4. The number of carbonyl (C=O) groups excluding carboxylic acids is 1. The van der Waals surface area contributed by atoms with E-state index in [1.807, 2.05) is 29.2 Å². The zero-order valence-corrected chi connectivity index (χ0v) is 18.7. The van der Waals surface area contributed by atoms with Crippen LogP contribution in [0.4, 0.5) is 15.2 Å². The van der Waals surface area contributed by atoms with Crippen molar-refractivity contribution in [3.05, 3.63) is 53.3 Å². The number of nitrogens with zero attached hydrogens (tertiary/aromatic N) is 4. The first kappa shape index (κ1) is 20.5. The van der Waals surface area contributed by atoms with Gasteiger partial charge in [-0.1, -0.05) is 22.9 Å². The standard InChI is InChI=1S/C23H24ClFN4OS/c24-17-1-4-19(5-2-17)27-11-13-28(14-12-27)22(30)16-7-9-29(10-8-16)23-26-20-6-3-18(25)15-21(20)31-23/h1-6,15-16H,7-14H2. The van der Waals surface area contributed by atoms with E-state index in [4.69, 9.17) is 11.6 Å². The van der Waals surface area contributed by atoms with Gasteiger partial charge in [-0.05, 0) is 55.3 Å². The smallest absolute Gasteiger partial charge is 0.225 e. The van der Waals surface area contributed by atoms with Crippen LogP contribution in [0, 0.1) is 11.7 Å². The van der Waals surface area contributed by atoms with Crippen molar-refractivity contribution in [2.24, 2.45) is 5.92 Å². The number of piperazine rings is 1. The average Bonchev–Trinajstić information content (AvgIpc) is 3.22. The Hall–Kier alpha value is -2.38. The third kappa shape index (κ3) is 4.34. The molecule has 0 radical (unpaired) electrons. The molecule has 2 aliphatic heterocycles. The number of hydrogen-bond donors (Lipinski definition) is 0. The third-order valence-corrected chi connectivity index (χ3v) is 7.57. The van der Waals surface area contributed by atoms with E-state index in [1.165, 1.54) is 23.5 Å². The Balaban J connectivity index is 1.15. The molecule has 1 amide bonds. The van der Waals surface area contributed by atoms with E-state index < -0.39 is 0 Å². The van der Waals surface area contributed by atoms with Crippen LogP contribution in [0.2, 0.25) is 5.02 Å². The molecule has 0 unspecified atom stereocenters. The van der Waals surface area contributed by atoms with Crippen LogP contribution >= 0.6 is 22.9 Å². The van der Waals surface area contributed by atoms with Crippen LogP contribution in [-0.2, 0) is 4.79 Å². The summed E-state index contributed by atoms with van der Waals surface area (Å²) in [6.07, 6.45) is 1.67. The van der Waals surface area contributed by atoms with E-state index in [-0.39, 0.29) is 17.6 Å². The summed E-state index contributed by atoms with van der Waals surface area (Å²) in [5.41, 5.74) is 1.98. The summed E-state index contributed by atoms with van der Waals surface area (Å²) in [5.74, 6) is 0.120. The molecular weight excluding hydrogens is 435 g/mol. The number of hydrogen-bond acceptors (Lipinski definition) is 5. The van der Waals surface area contributed by atoms with E-state index in [2.05, 4.69) is 14.8 Å². The molecule has 5 rings (SSSR count). The van der Waals surface area contributed by atoms with Crippen molar-refractivity contribution in [3.63, 3.8) is 0 Å². The van der Waals surface area contributed by atoms with Gasteiger partial charge in [0.25, 0.3) is 0 Å². The van der Waals surface area contributed by atoms with E-state index in [0.29, 0.717) is 0 Å². The molecule has 0 spiro atoms. The molecule has 3 aromatic rings. The predicted octanol–water partition coefficient (Wildman–Crippen LogP) is 4.65. The van der Waals surface area contributed by atoms with Crippen molar-refractivity contribution >= 4 is 49.9 Å². The van der Waals surface area contributed by atoms with E-state index in [9.17, 15) is 9.18 Å². The van der Waals surface area contributed by atoms with Gasteiger partial charge in [-0.15, -0.1) is 0 Å². The van der Waals surface area contributed by atoms with Crippen LogP contribution < -0.4 is 9.80 Å². The second-order valence-electron chi connectivity index (χ2n) is 8.16. The summed E-state index contributed by atoms with van der Waals surface area (Å²) in [7, 11) is 0. The maximum Gasteiger partial charge on any atom is 0.225 e. The lowest BCUT2D eigenvalue weighted by molar-refractivity contribution is -0.136. The summed E-state index contributed by atoms with van der Waals surface area (Å²) in [6, 6.07) is 12.6. The minimum Gasteiger partial charge on any atom is -0.368 e. The Morgan fingerprint density at radius 3 is 2.39 bits per heavy atom. The number of rotatable bonds is 3. The number of anilines is 2. The highest BCUT2D eigenvalue weighted by molar-refractivity contribution is 7.22. The molecular formula is C23H24ClFN4OS. The van der Waals surface area contributed by atoms with Gasteiger partial charge in [0.15, 0.2) is 5.13 Å². The van der Waals surface area contributed by atoms with Gasteiger partial charge >= 0.3 is 0 Å². The molecule has 2 saturated heterocycles. The number of amides is 1. The van der Waals surface area contributed by atoms with Gasteiger partial charge in [0.1, 0.15) is 5.82 Å². The van der Waals surface area contributed by atoms with Crippen LogP contribution in [0.1, 0.15) is 12.8 Å². The Morgan fingerprint density at radius 1 is 0.968 bits per heavy atom. The Kier molecular flexibility index (Phi) is 5.71. The molecule has 5 nitrogen and oxygen atoms in total. The van der Waals surface area contributed by atoms with Crippen molar-refractivity contribution in [2.45, 2.75) is 12.8 Å². The quantitative estimate of drug-likeness (QED) is 0.572. The first-order valence-corrected chi connectivity index (χ1v) is 11.9. The van der Waals surface area contributed by atoms with Gasteiger partial charge in [-0.2, -0.15) is 0 Å². The molecule has 0 bridgehead atoms. The molecule has 3 heterocycles. The van der Waals surface area contributed by atoms with Gasteiger partial charge in [-0.25, -0.2) is 9.37 Å². The van der Waals surface area contributed by atoms with Gasteiger partial charge in [0.05, 0.1) is 10.2 Å². The fourth-order valence-corrected chi connectivity index (χ4v) is 5.60. The molecule has 2 aromatic carbocycles. The highest BCUT2D eigenvalue weighted by Gasteiger charge is 2.31. The maximum absolute atomic E-state index is 13.5. The highest BCUT2D eigenvalue weighted by atomic mass is 35.5. The fraction of sp³-hybridized carbons (Fsp3) is 0.391. The van der Waals surface area contributed by atoms with E-state index >= 15 is 0 Å². The van der Waals surface area contributed by atoms with Crippen LogP contribution in [-0.4, -0.2) is 55.1 Å². The fourth-order valence-electron chi connectivity index (χ4n) is 4.43. The number of halogens is 2. The monoisotopic (exact) mass is 458 g/mol. The molecule has 2 aliphatic rings. The number of piperidine rings is 1. The second kappa shape index (κ2) is 8.63. The minimum absolute atomic E-state index is 0.0742. The lowest BCUT2D eigenvalue weighted by Gasteiger charge is -2.39. The van der Waals surface area contributed by atoms with Crippen LogP contribution in [0.15, 0.2) is 42.5 Å². The summed E-state index contributed by atoms with van der Waals surface area (Å²) in [5, 5.41) is 1.66. The average molecular weight is 459 g/mol. The van der Waals surface area contributed by atoms with Crippen molar-refractivity contribution in [3.8, 4) is 0 Å². The lowest BCUT2D eigenvalue weighted by Crippen LogP contribution is -2.51. The number of aromatic nitrogens is 1. The van der Waals surface area contributed by atoms with Crippen LogP contribution in [0.5, 0.6) is 0 Å². The largest absolute Gasteiger partial charge is 0.368 e. The predicted molar refractivity (Wildman–Crippen MR) is 125 cm³/mol. The molecule has 0 N–H and O–H groups in total. The van der Waals surface area contributed by atoms with Gasteiger partial charge in [0.2, 0.25) is 5.91 Å². The lowest BCUT2D eigenvalue weighted by atomic mass is 9.95. The number of thiazole rings is 1. The first-order chi connectivity index (χ1) is 15.1. The molecule has 8 heteroatoms. The minimum atomic E-state index is -0.233. The molecule has 1 aromatic heterocycles. The normalized spacial score (nSPS) is 18.1. The van der Waals surface area contributed by atoms with Crippen LogP contribution in [0.25, 0.3) is 10.2 Å². The molecule has 0 aliphatic carbocycles. The summed E-state index contributed by atoms with van der Waals surface area (Å²) < 4.78 is 14.3. The summed E-state index contributed by atoms with van der Waals surface area (Å²) in [4.78, 5) is 24.3. The Bertz CT molecular complexity index is 1070. The third-order valence-electron chi connectivity index (χ3n) is 6.24. The molecule has 31 heavy (non-hydrogen) atoms. The van der Waals surface area contributed by atoms with Crippen molar-refractivity contribution in [1.29, 1.82) is 0 Å². The molecule has 2 fully saturated rings. The number of carbonyl (C=O) groups is 1. The molecule has 162 valence electrons. The number of fused-ring (bicyclic) bond motifs is 1. The molecule has 0 saturated carbocycles. The van der Waals surface area contributed by atoms with Crippen molar-refractivity contribution < 1.29 is 9.18 Å². The van der Waals surface area contributed by atoms with Crippen LogP contribution in [0.3, 0.4) is 0 Å². The van der Waals surface area contributed by atoms with Gasteiger partial charge < -0.3 is 14.7 Å². The molecule has 0 atom stereocenters. The number of benzene rings is 2. The van der Waals surface area contributed by atoms with Crippen molar-refractivity contribution in [1.82, 2.24) is 9.88 Å². The summed E-state index contributed by atoms with van der Waals surface area (Å²) >= 11 is 7.50. The van der Waals surface area contributed by atoms with E-state index in [0.717, 1.165) is 78.2 Å². The Morgan fingerprint density at radius 2 is 1.68 bits per heavy atom.